The number of carbonyl (C=O) groups is 1. The van der Waals surface area contributed by atoms with Crippen molar-refractivity contribution in [2.24, 2.45) is 0 Å². The lowest BCUT2D eigenvalue weighted by atomic mass is 10.1. The summed E-state index contributed by atoms with van der Waals surface area (Å²) >= 11 is 0. The molecule has 26 heavy (non-hydrogen) atoms. The molecule has 0 saturated heterocycles. The van der Waals surface area contributed by atoms with Crippen LogP contribution in [0.4, 0.5) is 10.1 Å². The first-order valence-corrected chi connectivity index (χ1v) is 7.45. The zero-order valence-corrected chi connectivity index (χ0v) is 13.4. The summed E-state index contributed by atoms with van der Waals surface area (Å²) in [6, 6.07) is 5.26. The van der Waals surface area contributed by atoms with Gasteiger partial charge in [0.2, 0.25) is 0 Å². The number of aromatic nitrogens is 4. The Morgan fingerprint density at radius 3 is 2.73 bits per heavy atom. The predicted molar refractivity (Wildman–Crippen MR) is 91.2 cm³/mol. The van der Waals surface area contributed by atoms with E-state index >= 15 is 0 Å². The first-order valence-electron chi connectivity index (χ1n) is 7.45. The molecule has 0 amide bonds. The summed E-state index contributed by atoms with van der Waals surface area (Å²) in [5, 5.41) is 30.0. The number of aromatic carboxylic acids is 1. The molecule has 0 bridgehead atoms. The van der Waals surface area contributed by atoms with Gasteiger partial charge in [0.05, 0.1) is 11.3 Å². The number of imidazole rings is 1. The molecule has 0 aliphatic heterocycles. The first-order chi connectivity index (χ1) is 12.5. The van der Waals surface area contributed by atoms with Crippen molar-refractivity contribution in [1.29, 1.82) is 0 Å². The lowest BCUT2D eigenvalue weighted by molar-refractivity contribution is 0.0697. The van der Waals surface area contributed by atoms with Gasteiger partial charge in [-0.15, -0.1) is 10.2 Å². The maximum atomic E-state index is 13.8. The summed E-state index contributed by atoms with van der Waals surface area (Å²) in [6.07, 6.45) is 4.73. The van der Waals surface area contributed by atoms with Crippen molar-refractivity contribution >= 4 is 17.7 Å². The Labute approximate surface area is 147 Å². The third-order valence-corrected chi connectivity index (χ3v) is 3.60. The molecule has 0 aliphatic rings. The first kappa shape index (κ1) is 17.2. The van der Waals surface area contributed by atoms with E-state index in [9.17, 15) is 19.4 Å². The Morgan fingerprint density at radius 1 is 1.35 bits per heavy atom. The second kappa shape index (κ2) is 7.11. The number of aliphatic hydroxyl groups is 1. The van der Waals surface area contributed by atoms with Crippen molar-refractivity contribution in [2.75, 3.05) is 5.32 Å². The zero-order valence-electron chi connectivity index (χ0n) is 13.4. The van der Waals surface area contributed by atoms with Crippen LogP contribution < -0.4 is 5.32 Å². The number of benzene rings is 1. The third-order valence-electron chi connectivity index (χ3n) is 3.60. The largest absolute Gasteiger partial charge is 0.478 e. The van der Waals surface area contributed by atoms with Crippen molar-refractivity contribution in [1.82, 2.24) is 19.7 Å². The second-order valence-corrected chi connectivity index (χ2v) is 5.26. The highest BCUT2D eigenvalue weighted by atomic mass is 19.1. The Balaban J connectivity index is 1.86. The molecule has 1 aromatic carbocycles. The van der Waals surface area contributed by atoms with E-state index in [1.807, 2.05) is 0 Å². The quantitative estimate of drug-likeness (QED) is 0.581. The fourth-order valence-corrected chi connectivity index (χ4v) is 2.28. The Bertz CT molecular complexity index is 942. The van der Waals surface area contributed by atoms with E-state index < -0.39 is 18.0 Å². The molecule has 0 saturated carbocycles. The van der Waals surface area contributed by atoms with Gasteiger partial charge in [-0.2, -0.15) is 0 Å². The molecule has 9 heteroatoms. The smallest absolute Gasteiger partial charge is 0.337 e. The van der Waals surface area contributed by atoms with Crippen LogP contribution >= 0.6 is 0 Å². The fourth-order valence-electron chi connectivity index (χ4n) is 2.28. The molecule has 1 atom stereocenters. The van der Waals surface area contributed by atoms with Crippen LogP contribution in [0.15, 0.2) is 49.6 Å². The summed E-state index contributed by atoms with van der Waals surface area (Å²) in [6.45, 7) is 3.47. The van der Waals surface area contributed by atoms with Crippen molar-refractivity contribution < 1.29 is 19.4 Å². The lowest BCUT2D eigenvalue weighted by Gasteiger charge is -2.16. The molecule has 0 spiro atoms. The highest BCUT2D eigenvalue weighted by molar-refractivity contribution is 5.94. The number of halogens is 1. The van der Waals surface area contributed by atoms with E-state index in [4.69, 9.17) is 0 Å². The van der Waals surface area contributed by atoms with Gasteiger partial charge in [-0.25, -0.2) is 14.2 Å². The molecule has 2 aromatic heterocycles. The number of nitrogens with zero attached hydrogens (tertiary/aromatic N) is 4. The van der Waals surface area contributed by atoms with E-state index in [0.29, 0.717) is 5.82 Å². The van der Waals surface area contributed by atoms with Crippen molar-refractivity contribution in [3.05, 3.63) is 72.2 Å². The molecule has 8 nitrogen and oxygen atoms in total. The topological polar surface area (TPSA) is 113 Å². The van der Waals surface area contributed by atoms with Gasteiger partial charge < -0.3 is 15.5 Å². The van der Waals surface area contributed by atoms with Gasteiger partial charge in [-0.05, 0) is 24.3 Å². The highest BCUT2D eigenvalue weighted by Crippen LogP contribution is 2.25. The minimum atomic E-state index is -1.35. The number of rotatable bonds is 6. The Hall–Kier alpha value is -3.59. The summed E-state index contributed by atoms with van der Waals surface area (Å²) in [5.74, 6) is -1.56. The van der Waals surface area contributed by atoms with Gasteiger partial charge in [0.15, 0.2) is 12.0 Å². The SMILES string of the molecule is C=Cc1cc(NC(O)c2ccc(-n3ccnc3)nn2)c(C(=O)O)cc1F. The standard InChI is InChI=1S/C17H14FN5O3/c1-2-10-7-14(11(17(25)26)8-12(10)18)20-16(24)13-3-4-15(22-21-13)23-6-5-19-9-23/h2-9,16,20,24H,1H2,(H,25,26). The summed E-state index contributed by atoms with van der Waals surface area (Å²) in [7, 11) is 0. The van der Waals surface area contributed by atoms with Crippen LogP contribution in [-0.4, -0.2) is 35.9 Å². The van der Waals surface area contributed by atoms with Crippen molar-refractivity contribution in [3.8, 4) is 5.82 Å². The summed E-state index contributed by atoms with van der Waals surface area (Å²) < 4.78 is 15.4. The van der Waals surface area contributed by atoms with E-state index in [2.05, 4.69) is 27.1 Å². The average Bonchev–Trinajstić information content (AvgIpc) is 3.17. The number of carboxylic acids is 1. The molecular weight excluding hydrogens is 341 g/mol. The minimum Gasteiger partial charge on any atom is -0.478 e. The average molecular weight is 355 g/mol. The number of aliphatic hydroxyl groups excluding tert-OH is 1. The van der Waals surface area contributed by atoms with Crippen LogP contribution in [-0.2, 0) is 0 Å². The molecule has 0 aliphatic carbocycles. The van der Waals surface area contributed by atoms with E-state index in [-0.39, 0.29) is 22.5 Å². The molecular formula is C17H14FN5O3. The highest BCUT2D eigenvalue weighted by Gasteiger charge is 2.18. The molecule has 0 radical (unpaired) electrons. The molecule has 3 rings (SSSR count). The lowest BCUT2D eigenvalue weighted by Crippen LogP contribution is -2.15. The minimum absolute atomic E-state index is 0.0294. The van der Waals surface area contributed by atoms with Gasteiger partial charge >= 0.3 is 5.97 Å². The fraction of sp³-hybridized carbons (Fsp3) is 0.0588. The predicted octanol–water partition coefficient (Wildman–Crippen LogP) is 2.25. The Morgan fingerprint density at radius 2 is 2.15 bits per heavy atom. The third kappa shape index (κ3) is 3.42. The normalized spacial score (nSPS) is 11.8. The summed E-state index contributed by atoms with van der Waals surface area (Å²) in [5.41, 5.74) is -0.0298. The maximum absolute atomic E-state index is 13.8. The second-order valence-electron chi connectivity index (χ2n) is 5.26. The van der Waals surface area contributed by atoms with Crippen LogP contribution in [0.3, 0.4) is 0 Å². The van der Waals surface area contributed by atoms with Gasteiger partial charge in [-0.1, -0.05) is 12.7 Å². The molecule has 3 N–H and O–H groups in total. The van der Waals surface area contributed by atoms with E-state index in [1.54, 1.807) is 29.4 Å². The molecule has 2 heterocycles. The van der Waals surface area contributed by atoms with Gasteiger partial charge in [0, 0.05) is 18.0 Å². The van der Waals surface area contributed by atoms with Crippen LogP contribution in [0, 0.1) is 5.82 Å². The van der Waals surface area contributed by atoms with Crippen molar-refractivity contribution in [3.63, 3.8) is 0 Å². The number of carboxylic acid groups (broad SMARTS) is 1. The van der Waals surface area contributed by atoms with Gasteiger partial charge in [0.25, 0.3) is 0 Å². The number of hydrogen-bond acceptors (Lipinski definition) is 6. The summed E-state index contributed by atoms with van der Waals surface area (Å²) in [4.78, 5) is 15.2. The number of nitrogens with one attached hydrogen (secondary N) is 1. The van der Waals surface area contributed by atoms with Crippen LogP contribution in [0.2, 0.25) is 0 Å². The van der Waals surface area contributed by atoms with Gasteiger partial charge in [-0.3, -0.25) is 4.57 Å². The van der Waals surface area contributed by atoms with Gasteiger partial charge in [0.1, 0.15) is 17.8 Å². The molecule has 1 unspecified atom stereocenters. The molecule has 0 fully saturated rings. The number of hydrogen-bond donors (Lipinski definition) is 3. The van der Waals surface area contributed by atoms with Crippen LogP contribution in [0.5, 0.6) is 0 Å². The monoisotopic (exact) mass is 355 g/mol. The number of anilines is 1. The van der Waals surface area contributed by atoms with Crippen LogP contribution in [0.25, 0.3) is 11.9 Å². The van der Waals surface area contributed by atoms with E-state index in [1.165, 1.54) is 18.2 Å². The van der Waals surface area contributed by atoms with Crippen LogP contribution in [0.1, 0.15) is 27.8 Å². The molecule has 3 aromatic rings. The van der Waals surface area contributed by atoms with Crippen molar-refractivity contribution in [2.45, 2.75) is 6.23 Å². The maximum Gasteiger partial charge on any atom is 0.337 e. The van der Waals surface area contributed by atoms with E-state index in [0.717, 1.165) is 6.07 Å². The molecule has 132 valence electrons. The Kier molecular flexibility index (Phi) is 4.72. The zero-order chi connectivity index (χ0) is 18.7.